The standard InChI is InChI=1S/C19H24N2O2/c1-2-3-4-13-23-15-18(22)10-9-16-5-7-17(8-6-16)14-19-20-11-12-21-19/h5-12H,2-4,13-15H2,1H3,(H,20,21)/b10-9+. The molecule has 4 heteroatoms. The van der Waals surface area contributed by atoms with Gasteiger partial charge in [-0.2, -0.15) is 0 Å². The van der Waals surface area contributed by atoms with E-state index in [1.807, 2.05) is 36.5 Å². The number of nitrogens with zero attached hydrogens (tertiary/aromatic N) is 1. The Bertz CT molecular complexity index is 601. The molecule has 1 N–H and O–H groups in total. The smallest absolute Gasteiger partial charge is 0.181 e. The molecular formula is C19H24N2O2. The number of aromatic amines is 1. The van der Waals surface area contributed by atoms with Crippen LogP contribution in [0.25, 0.3) is 6.08 Å². The summed E-state index contributed by atoms with van der Waals surface area (Å²) in [6.07, 6.45) is 11.1. The molecule has 122 valence electrons. The molecule has 4 nitrogen and oxygen atoms in total. The van der Waals surface area contributed by atoms with Crippen LogP contribution in [0.3, 0.4) is 0 Å². The Morgan fingerprint density at radius 2 is 2.09 bits per heavy atom. The van der Waals surface area contributed by atoms with Crippen molar-refractivity contribution in [1.82, 2.24) is 9.97 Å². The van der Waals surface area contributed by atoms with Crippen molar-refractivity contribution in [3.05, 3.63) is 59.7 Å². The van der Waals surface area contributed by atoms with Crippen molar-refractivity contribution in [1.29, 1.82) is 0 Å². The van der Waals surface area contributed by atoms with Crippen LogP contribution in [0.4, 0.5) is 0 Å². The molecule has 0 spiro atoms. The molecule has 0 saturated carbocycles. The van der Waals surface area contributed by atoms with Crippen LogP contribution >= 0.6 is 0 Å². The second kappa shape index (κ2) is 9.74. The van der Waals surface area contributed by atoms with Crippen LogP contribution in [0, 0.1) is 0 Å². The maximum absolute atomic E-state index is 11.7. The summed E-state index contributed by atoms with van der Waals surface area (Å²) >= 11 is 0. The topological polar surface area (TPSA) is 55.0 Å². The lowest BCUT2D eigenvalue weighted by Gasteiger charge is -2.01. The van der Waals surface area contributed by atoms with E-state index in [-0.39, 0.29) is 12.4 Å². The molecule has 2 rings (SSSR count). The number of carbonyl (C=O) groups is 1. The summed E-state index contributed by atoms with van der Waals surface area (Å²) in [5.41, 5.74) is 2.19. The normalized spacial score (nSPS) is 11.2. The SMILES string of the molecule is CCCCCOCC(=O)/C=C/c1ccc(Cc2ncc[nH]2)cc1. The van der Waals surface area contributed by atoms with Gasteiger partial charge >= 0.3 is 0 Å². The van der Waals surface area contributed by atoms with Gasteiger partial charge in [0.15, 0.2) is 5.78 Å². The molecule has 1 aromatic heterocycles. The number of aromatic nitrogens is 2. The number of ether oxygens (including phenoxy) is 1. The summed E-state index contributed by atoms with van der Waals surface area (Å²) in [6, 6.07) is 8.11. The number of carbonyl (C=O) groups excluding carboxylic acids is 1. The fourth-order valence-electron chi connectivity index (χ4n) is 2.20. The molecule has 0 atom stereocenters. The highest BCUT2D eigenvalue weighted by molar-refractivity contribution is 5.94. The highest BCUT2D eigenvalue weighted by atomic mass is 16.5. The van der Waals surface area contributed by atoms with Gasteiger partial charge < -0.3 is 9.72 Å². The number of rotatable bonds is 10. The van der Waals surface area contributed by atoms with Gasteiger partial charge in [-0.15, -0.1) is 0 Å². The molecule has 0 radical (unpaired) electrons. The third-order valence-electron chi connectivity index (χ3n) is 3.50. The first kappa shape index (κ1) is 17.2. The molecule has 0 unspecified atom stereocenters. The van der Waals surface area contributed by atoms with Crippen LogP contribution in [0.5, 0.6) is 0 Å². The number of H-pyrrole nitrogens is 1. The summed E-state index contributed by atoms with van der Waals surface area (Å²) in [5.74, 6) is 0.949. The van der Waals surface area contributed by atoms with Crippen molar-refractivity contribution in [2.75, 3.05) is 13.2 Å². The maximum atomic E-state index is 11.7. The van der Waals surface area contributed by atoms with Gasteiger partial charge in [-0.25, -0.2) is 4.98 Å². The van der Waals surface area contributed by atoms with Crippen LogP contribution < -0.4 is 0 Å². The fourth-order valence-corrected chi connectivity index (χ4v) is 2.20. The van der Waals surface area contributed by atoms with E-state index in [0.29, 0.717) is 6.61 Å². The Kier molecular flexibility index (Phi) is 7.27. The summed E-state index contributed by atoms with van der Waals surface area (Å²) in [5, 5.41) is 0. The molecule has 0 amide bonds. The van der Waals surface area contributed by atoms with Gasteiger partial charge in [0.05, 0.1) is 0 Å². The number of hydrogen-bond donors (Lipinski definition) is 1. The molecule has 1 aromatic carbocycles. The predicted molar refractivity (Wildman–Crippen MR) is 92.2 cm³/mol. The van der Waals surface area contributed by atoms with Gasteiger partial charge in [0.25, 0.3) is 0 Å². The third kappa shape index (κ3) is 6.61. The maximum Gasteiger partial charge on any atom is 0.181 e. The number of hydrogen-bond acceptors (Lipinski definition) is 3. The number of ketones is 1. The zero-order chi connectivity index (χ0) is 16.3. The molecule has 0 bridgehead atoms. The second-order valence-electron chi connectivity index (χ2n) is 5.51. The first-order valence-corrected chi connectivity index (χ1v) is 8.14. The molecule has 0 aliphatic rings. The van der Waals surface area contributed by atoms with Crippen molar-refractivity contribution in [3.63, 3.8) is 0 Å². The van der Waals surface area contributed by atoms with Gasteiger partial charge in [0.1, 0.15) is 12.4 Å². The molecule has 1 heterocycles. The molecule has 0 saturated heterocycles. The van der Waals surface area contributed by atoms with E-state index in [4.69, 9.17) is 4.74 Å². The van der Waals surface area contributed by atoms with Gasteiger partial charge in [-0.1, -0.05) is 50.1 Å². The Balaban J connectivity index is 1.75. The van der Waals surface area contributed by atoms with Crippen molar-refractivity contribution in [3.8, 4) is 0 Å². The lowest BCUT2D eigenvalue weighted by molar-refractivity contribution is -0.118. The number of unbranched alkanes of at least 4 members (excludes halogenated alkanes) is 2. The van der Waals surface area contributed by atoms with Gasteiger partial charge in [0.2, 0.25) is 0 Å². The zero-order valence-corrected chi connectivity index (χ0v) is 13.6. The van der Waals surface area contributed by atoms with Crippen LogP contribution in [-0.4, -0.2) is 29.0 Å². The van der Waals surface area contributed by atoms with Gasteiger partial charge in [0, 0.05) is 25.4 Å². The van der Waals surface area contributed by atoms with Gasteiger partial charge in [-0.05, 0) is 23.6 Å². The Morgan fingerprint density at radius 3 is 2.78 bits per heavy atom. The zero-order valence-electron chi connectivity index (χ0n) is 13.6. The largest absolute Gasteiger partial charge is 0.373 e. The number of imidazole rings is 1. The monoisotopic (exact) mass is 312 g/mol. The predicted octanol–water partition coefficient (Wildman–Crippen LogP) is 3.79. The molecular weight excluding hydrogens is 288 g/mol. The van der Waals surface area contributed by atoms with Crippen LogP contribution in [0.2, 0.25) is 0 Å². The van der Waals surface area contributed by atoms with Crippen molar-refractivity contribution >= 4 is 11.9 Å². The summed E-state index contributed by atoms with van der Waals surface area (Å²) < 4.78 is 5.35. The minimum Gasteiger partial charge on any atom is -0.373 e. The first-order valence-electron chi connectivity index (χ1n) is 8.14. The molecule has 0 aliphatic heterocycles. The number of nitrogens with one attached hydrogen (secondary N) is 1. The molecule has 2 aromatic rings. The minimum absolute atomic E-state index is 0.00107. The summed E-state index contributed by atoms with van der Waals surface area (Å²) in [4.78, 5) is 19.0. The quantitative estimate of drug-likeness (QED) is 0.536. The van der Waals surface area contributed by atoms with E-state index in [2.05, 4.69) is 16.9 Å². The Morgan fingerprint density at radius 1 is 1.26 bits per heavy atom. The lowest BCUT2D eigenvalue weighted by atomic mass is 10.1. The highest BCUT2D eigenvalue weighted by Crippen LogP contribution is 2.09. The molecule has 0 fully saturated rings. The average molecular weight is 312 g/mol. The van der Waals surface area contributed by atoms with E-state index < -0.39 is 0 Å². The van der Waals surface area contributed by atoms with Crippen molar-refractivity contribution in [2.24, 2.45) is 0 Å². The number of benzene rings is 1. The Labute approximate surface area is 137 Å². The van der Waals surface area contributed by atoms with E-state index in [0.717, 1.165) is 37.1 Å². The van der Waals surface area contributed by atoms with Crippen LogP contribution in [-0.2, 0) is 16.0 Å². The second-order valence-corrected chi connectivity index (χ2v) is 5.51. The van der Waals surface area contributed by atoms with E-state index >= 15 is 0 Å². The average Bonchev–Trinajstić information content (AvgIpc) is 3.07. The lowest BCUT2D eigenvalue weighted by Crippen LogP contribution is -2.06. The Hall–Kier alpha value is -2.20. The summed E-state index contributed by atoms with van der Waals surface area (Å²) in [6.45, 7) is 2.97. The molecule has 23 heavy (non-hydrogen) atoms. The third-order valence-corrected chi connectivity index (χ3v) is 3.50. The van der Waals surface area contributed by atoms with Crippen LogP contribution in [0.1, 0.15) is 43.1 Å². The molecule has 0 aliphatic carbocycles. The minimum atomic E-state index is 0.00107. The summed E-state index contributed by atoms with van der Waals surface area (Å²) in [7, 11) is 0. The fraction of sp³-hybridized carbons (Fsp3) is 0.368. The van der Waals surface area contributed by atoms with Gasteiger partial charge in [-0.3, -0.25) is 4.79 Å². The van der Waals surface area contributed by atoms with E-state index in [9.17, 15) is 4.79 Å². The van der Waals surface area contributed by atoms with Crippen molar-refractivity contribution in [2.45, 2.75) is 32.6 Å². The first-order chi connectivity index (χ1) is 11.3. The van der Waals surface area contributed by atoms with E-state index in [1.54, 1.807) is 12.3 Å². The van der Waals surface area contributed by atoms with E-state index in [1.165, 1.54) is 5.56 Å². The van der Waals surface area contributed by atoms with Crippen molar-refractivity contribution < 1.29 is 9.53 Å². The van der Waals surface area contributed by atoms with Crippen LogP contribution in [0.15, 0.2) is 42.7 Å². The highest BCUT2D eigenvalue weighted by Gasteiger charge is 1.99.